The molecule has 118 valence electrons. The first-order chi connectivity index (χ1) is 9.73. The molecule has 6 heteroatoms. The van der Waals surface area contributed by atoms with Crippen LogP contribution in [-0.4, -0.2) is 30.3 Å². The maximum atomic E-state index is 12.3. The van der Waals surface area contributed by atoms with E-state index in [1.54, 1.807) is 6.07 Å². The van der Waals surface area contributed by atoms with E-state index in [0.717, 1.165) is 0 Å². The normalized spacial score (nSPS) is 13.1. The second kappa shape index (κ2) is 7.36. The van der Waals surface area contributed by atoms with E-state index < -0.39 is 18.6 Å². The van der Waals surface area contributed by atoms with Crippen LogP contribution < -0.4 is 10.1 Å². The Labute approximate surface area is 123 Å². The van der Waals surface area contributed by atoms with Crippen molar-refractivity contribution in [2.75, 3.05) is 6.61 Å². The third-order valence-corrected chi connectivity index (χ3v) is 2.76. The van der Waals surface area contributed by atoms with Crippen LogP contribution in [0, 0.1) is 5.41 Å². The van der Waals surface area contributed by atoms with Gasteiger partial charge in [-0.25, -0.2) is 0 Å². The van der Waals surface area contributed by atoms with Gasteiger partial charge in [0.05, 0.1) is 18.2 Å². The summed E-state index contributed by atoms with van der Waals surface area (Å²) < 4.78 is 29.0. The van der Waals surface area contributed by atoms with Crippen molar-refractivity contribution in [2.45, 2.75) is 39.8 Å². The van der Waals surface area contributed by atoms with Gasteiger partial charge in [-0.05, 0) is 24.0 Å². The molecule has 1 atom stereocenters. The summed E-state index contributed by atoms with van der Waals surface area (Å²) in [5, 5.41) is 12.0. The number of ether oxygens (including phenoxy) is 1. The standard InChI is InChI=1S/C15H21F2NO3/c1-15(2,3)8-10(9-19)18-13(20)11-6-4-5-7-12(11)21-14(16)17/h4-7,10,14,19H,8-9H2,1-3H3,(H,18,20). The van der Waals surface area contributed by atoms with E-state index in [1.165, 1.54) is 18.2 Å². The highest BCUT2D eigenvalue weighted by molar-refractivity contribution is 5.97. The first-order valence-electron chi connectivity index (χ1n) is 6.68. The van der Waals surface area contributed by atoms with Crippen LogP contribution in [0.4, 0.5) is 8.78 Å². The van der Waals surface area contributed by atoms with E-state index in [9.17, 15) is 18.7 Å². The van der Waals surface area contributed by atoms with Crippen molar-refractivity contribution >= 4 is 5.91 Å². The van der Waals surface area contributed by atoms with Crippen LogP contribution in [0.2, 0.25) is 0 Å². The van der Waals surface area contributed by atoms with Gasteiger partial charge < -0.3 is 15.2 Å². The molecule has 1 aromatic rings. The maximum Gasteiger partial charge on any atom is 0.387 e. The van der Waals surface area contributed by atoms with Crippen molar-refractivity contribution in [3.05, 3.63) is 29.8 Å². The monoisotopic (exact) mass is 301 g/mol. The van der Waals surface area contributed by atoms with Crippen molar-refractivity contribution in [3.63, 3.8) is 0 Å². The molecule has 0 saturated carbocycles. The summed E-state index contributed by atoms with van der Waals surface area (Å²) in [7, 11) is 0. The third kappa shape index (κ3) is 6.08. The highest BCUT2D eigenvalue weighted by Crippen LogP contribution is 2.23. The Bertz CT molecular complexity index is 472. The lowest BCUT2D eigenvalue weighted by molar-refractivity contribution is -0.0501. The van der Waals surface area contributed by atoms with Crippen LogP contribution in [0.15, 0.2) is 24.3 Å². The highest BCUT2D eigenvalue weighted by Gasteiger charge is 2.22. The lowest BCUT2D eigenvalue weighted by Crippen LogP contribution is -2.40. The Balaban J connectivity index is 2.83. The zero-order valence-corrected chi connectivity index (χ0v) is 12.4. The Morgan fingerprint density at radius 1 is 1.33 bits per heavy atom. The molecule has 0 aliphatic heterocycles. The number of nitrogens with one attached hydrogen (secondary N) is 1. The topological polar surface area (TPSA) is 58.6 Å². The number of alkyl halides is 2. The largest absolute Gasteiger partial charge is 0.434 e. The Morgan fingerprint density at radius 3 is 2.48 bits per heavy atom. The molecule has 1 unspecified atom stereocenters. The fourth-order valence-electron chi connectivity index (χ4n) is 2.02. The summed E-state index contributed by atoms with van der Waals surface area (Å²) in [6, 6.07) is 5.33. The molecule has 0 aliphatic carbocycles. The molecule has 1 rings (SSSR count). The molecule has 0 bridgehead atoms. The summed E-state index contributed by atoms with van der Waals surface area (Å²) in [5.41, 5.74) is -0.0650. The number of carbonyl (C=O) groups excluding carboxylic acids is 1. The predicted octanol–water partition coefficient (Wildman–Crippen LogP) is 2.81. The first kappa shape index (κ1) is 17.4. The molecular formula is C15H21F2NO3. The van der Waals surface area contributed by atoms with E-state index in [1.807, 2.05) is 20.8 Å². The van der Waals surface area contributed by atoms with Gasteiger partial charge in [-0.2, -0.15) is 8.78 Å². The van der Waals surface area contributed by atoms with E-state index in [4.69, 9.17) is 0 Å². The van der Waals surface area contributed by atoms with Crippen molar-refractivity contribution in [3.8, 4) is 5.75 Å². The second-order valence-electron chi connectivity index (χ2n) is 5.99. The fourth-order valence-corrected chi connectivity index (χ4v) is 2.02. The maximum absolute atomic E-state index is 12.3. The van der Waals surface area contributed by atoms with Crippen LogP contribution in [0.1, 0.15) is 37.6 Å². The Morgan fingerprint density at radius 2 is 1.95 bits per heavy atom. The average Bonchev–Trinajstić information content (AvgIpc) is 2.36. The van der Waals surface area contributed by atoms with Crippen LogP contribution in [0.25, 0.3) is 0 Å². The molecule has 0 spiro atoms. The van der Waals surface area contributed by atoms with Gasteiger partial charge in [-0.15, -0.1) is 0 Å². The molecule has 0 heterocycles. The van der Waals surface area contributed by atoms with Gasteiger partial charge in [-0.1, -0.05) is 32.9 Å². The SMILES string of the molecule is CC(C)(C)CC(CO)NC(=O)c1ccccc1OC(F)F. The van der Waals surface area contributed by atoms with Crippen LogP contribution in [0.3, 0.4) is 0 Å². The van der Waals surface area contributed by atoms with Crippen LogP contribution in [-0.2, 0) is 0 Å². The molecule has 2 N–H and O–H groups in total. The van der Waals surface area contributed by atoms with Gasteiger partial charge in [0, 0.05) is 0 Å². The molecule has 0 aliphatic rings. The number of benzene rings is 1. The highest BCUT2D eigenvalue weighted by atomic mass is 19.3. The predicted molar refractivity (Wildman–Crippen MR) is 75.5 cm³/mol. The molecule has 0 radical (unpaired) electrons. The molecule has 0 saturated heterocycles. The number of aliphatic hydroxyl groups excluding tert-OH is 1. The van der Waals surface area contributed by atoms with E-state index >= 15 is 0 Å². The van der Waals surface area contributed by atoms with E-state index in [2.05, 4.69) is 10.1 Å². The number of rotatable bonds is 6. The Kier molecular flexibility index (Phi) is 6.08. The zero-order chi connectivity index (χ0) is 16.0. The summed E-state index contributed by atoms with van der Waals surface area (Å²) in [4.78, 5) is 12.2. The molecule has 4 nitrogen and oxygen atoms in total. The van der Waals surface area contributed by atoms with E-state index in [0.29, 0.717) is 6.42 Å². The van der Waals surface area contributed by atoms with Crippen molar-refractivity contribution in [1.82, 2.24) is 5.32 Å². The van der Waals surface area contributed by atoms with Gasteiger partial charge in [-0.3, -0.25) is 4.79 Å². The molecule has 1 amide bonds. The van der Waals surface area contributed by atoms with Gasteiger partial charge in [0.2, 0.25) is 0 Å². The average molecular weight is 301 g/mol. The van der Waals surface area contributed by atoms with Crippen molar-refractivity contribution < 1.29 is 23.4 Å². The lowest BCUT2D eigenvalue weighted by atomic mass is 9.88. The molecule has 1 aromatic carbocycles. The lowest BCUT2D eigenvalue weighted by Gasteiger charge is -2.25. The van der Waals surface area contributed by atoms with Crippen molar-refractivity contribution in [2.24, 2.45) is 5.41 Å². The number of hydrogen-bond donors (Lipinski definition) is 2. The number of halogens is 2. The van der Waals surface area contributed by atoms with Crippen molar-refractivity contribution in [1.29, 1.82) is 0 Å². The number of carbonyl (C=O) groups is 1. The second-order valence-corrected chi connectivity index (χ2v) is 5.99. The third-order valence-electron chi connectivity index (χ3n) is 2.76. The summed E-state index contributed by atoms with van der Waals surface area (Å²) >= 11 is 0. The molecular weight excluding hydrogens is 280 g/mol. The number of amides is 1. The van der Waals surface area contributed by atoms with Gasteiger partial charge in [0.25, 0.3) is 5.91 Å². The molecule has 0 fully saturated rings. The minimum absolute atomic E-state index is 0.0187. The number of hydrogen-bond acceptors (Lipinski definition) is 3. The van der Waals surface area contributed by atoms with Gasteiger partial charge in [0.15, 0.2) is 0 Å². The van der Waals surface area contributed by atoms with Gasteiger partial charge in [0.1, 0.15) is 5.75 Å². The quantitative estimate of drug-likeness (QED) is 0.849. The van der Waals surface area contributed by atoms with Gasteiger partial charge >= 0.3 is 6.61 Å². The van der Waals surface area contributed by atoms with Crippen LogP contribution >= 0.6 is 0 Å². The summed E-state index contributed by atoms with van der Waals surface area (Å²) in [6.45, 7) is 2.73. The summed E-state index contributed by atoms with van der Waals surface area (Å²) in [5.74, 6) is -0.730. The minimum atomic E-state index is -3.00. The fraction of sp³-hybridized carbons (Fsp3) is 0.533. The summed E-state index contributed by atoms with van der Waals surface area (Å²) in [6.07, 6.45) is 0.563. The molecule has 21 heavy (non-hydrogen) atoms. The van der Waals surface area contributed by atoms with E-state index in [-0.39, 0.29) is 23.3 Å². The minimum Gasteiger partial charge on any atom is -0.434 e. The number of para-hydroxylation sites is 1. The number of aliphatic hydroxyl groups is 1. The molecule has 0 aromatic heterocycles. The smallest absolute Gasteiger partial charge is 0.387 e. The zero-order valence-electron chi connectivity index (χ0n) is 12.4. The van der Waals surface area contributed by atoms with Crippen LogP contribution in [0.5, 0.6) is 5.75 Å². The Hall–Kier alpha value is -1.69. The first-order valence-corrected chi connectivity index (χ1v) is 6.68.